The van der Waals surface area contributed by atoms with Crippen LogP contribution in [0.25, 0.3) is 10.2 Å². The number of aromatic nitrogens is 1. The van der Waals surface area contributed by atoms with Gasteiger partial charge in [-0.2, -0.15) is 9.30 Å². The third kappa shape index (κ3) is 4.47. The SMILES string of the molecule is CCn1c(=NC(=O)C2CCCN(S(=O)(=O)c3ccc(F)cc3)C2)sc2c(C)ccc(OC)c21. The number of fused-ring (bicyclic) bond motifs is 1. The van der Waals surface area contributed by atoms with Crippen LogP contribution in [0.2, 0.25) is 0 Å². The summed E-state index contributed by atoms with van der Waals surface area (Å²) in [5.41, 5.74) is 1.97. The number of piperidine rings is 1. The number of rotatable bonds is 5. The molecule has 33 heavy (non-hydrogen) atoms. The number of ether oxygens (including phenoxy) is 1. The molecule has 1 aliphatic heterocycles. The quantitative estimate of drug-likeness (QED) is 0.545. The lowest BCUT2D eigenvalue weighted by Gasteiger charge is -2.30. The molecule has 0 N–H and O–H groups in total. The highest BCUT2D eigenvalue weighted by molar-refractivity contribution is 7.89. The Bertz CT molecular complexity index is 1360. The van der Waals surface area contributed by atoms with Gasteiger partial charge in [-0.05, 0) is 62.6 Å². The lowest BCUT2D eigenvalue weighted by molar-refractivity contribution is -0.122. The highest BCUT2D eigenvalue weighted by Gasteiger charge is 2.33. The number of sulfonamides is 1. The Hall–Kier alpha value is -2.56. The largest absolute Gasteiger partial charge is 0.495 e. The summed E-state index contributed by atoms with van der Waals surface area (Å²) in [5, 5.41) is 0. The molecule has 1 atom stereocenters. The molecule has 3 aromatic rings. The second-order valence-corrected chi connectivity index (χ2v) is 10.9. The van der Waals surface area contributed by atoms with E-state index in [-0.39, 0.29) is 17.3 Å². The molecule has 1 fully saturated rings. The standard InChI is InChI=1S/C23H26FN3O4S2/c1-4-27-20-19(31-3)12-7-15(2)21(20)32-23(27)25-22(28)16-6-5-13-26(14-16)33(29,30)18-10-8-17(24)9-11-18/h7-12,16H,4-6,13-14H2,1-3H3. The minimum atomic E-state index is -3.81. The van der Waals surface area contributed by atoms with E-state index in [9.17, 15) is 17.6 Å². The summed E-state index contributed by atoms with van der Waals surface area (Å²) in [5.74, 6) is -0.650. The Labute approximate surface area is 196 Å². The van der Waals surface area contributed by atoms with Gasteiger partial charge in [-0.3, -0.25) is 4.79 Å². The molecule has 176 valence electrons. The van der Waals surface area contributed by atoms with E-state index in [2.05, 4.69) is 4.99 Å². The predicted octanol–water partition coefficient (Wildman–Crippen LogP) is 3.71. The van der Waals surface area contributed by atoms with Gasteiger partial charge >= 0.3 is 0 Å². The van der Waals surface area contributed by atoms with E-state index in [1.54, 1.807) is 7.11 Å². The summed E-state index contributed by atoms with van der Waals surface area (Å²) in [7, 11) is -2.20. The van der Waals surface area contributed by atoms with Gasteiger partial charge in [0.15, 0.2) is 4.80 Å². The summed E-state index contributed by atoms with van der Waals surface area (Å²) < 4.78 is 49.0. The third-order valence-electron chi connectivity index (χ3n) is 5.91. The first kappa shape index (κ1) is 23.6. The smallest absolute Gasteiger partial charge is 0.252 e. The first-order valence-corrected chi connectivity index (χ1v) is 13.0. The van der Waals surface area contributed by atoms with E-state index < -0.39 is 21.8 Å². The first-order valence-electron chi connectivity index (χ1n) is 10.8. The van der Waals surface area contributed by atoms with Crippen molar-refractivity contribution in [3.63, 3.8) is 0 Å². The van der Waals surface area contributed by atoms with Crippen molar-refractivity contribution in [2.45, 2.75) is 38.1 Å². The van der Waals surface area contributed by atoms with Crippen LogP contribution in [-0.4, -0.2) is 43.4 Å². The Balaban J connectivity index is 1.66. The van der Waals surface area contributed by atoms with Crippen LogP contribution < -0.4 is 9.54 Å². The molecule has 1 unspecified atom stereocenters. The van der Waals surface area contributed by atoms with Crippen LogP contribution in [0, 0.1) is 18.7 Å². The molecule has 2 heterocycles. The lowest BCUT2D eigenvalue weighted by Crippen LogP contribution is -2.42. The van der Waals surface area contributed by atoms with Crippen molar-refractivity contribution in [3.8, 4) is 5.75 Å². The Morgan fingerprint density at radius 1 is 1.24 bits per heavy atom. The van der Waals surface area contributed by atoms with E-state index in [0.29, 0.717) is 30.7 Å². The van der Waals surface area contributed by atoms with Crippen LogP contribution in [0.4, 0.5) is 4.39 Å². The number of nitrogens with zero attached hydrogens (tertiary/aromatic N) is 3. The van der Waals surface area contributed by atoms with Crippen LogP contribution in [-0.2, 0) is 21.4 Å². The fraction of sp³-hybridized carbons (Fsp3) is 0.391. The van der Waals surface area contributed by atoms with Crippen molar-refractivity contribution in [1.29, 1.82) is 0 Å². The molecule has 4 rings (SSSR count). The van der Waals surface area contributed by atoms with Crippen LogP contribution in [0.5, 0.6) is 5.75 Å². The normalized spacial score (nSPS) is 18.1. The van der Waals surface area contributed by atoms with Gasteiger partial charge in [-0.1, -0.05) is 17.4 Å². The summed E-state index contributed by atoms with van der Waals surface area (Å²) >= 11 is 1.43. The van der Waals surface area contributed by atoms with Gasteiger partial charge < -0.3 is 9.30 Å². The first-order chi connectivity index (χ1) is 15.8. The summed E-state index contributed by atoms with van der Waals surface area (Å²) in [6, 6.07) is 8.62. The van der Waals surface area contributed by atoms with Crippen molar-refractivity contribution < 1.29 is 22.3 Å². The summed E-state index contributed by atoms with van der Waals surface area (Å²) in [4.78, 5) is 18.1. The lowest BCUT2D eigenvalue weighted by atomic mass is 9.99. The summed E-state index contributed by atoms with van der Waals surface area (Å²) in [6.45, 7) is 4.97. The number of hydrogen-bond donors (Lipinski definition) is 0. The molecule has 0 bridgehead atoms. The Morgan fingerprint density at radius 3 is 2.64 bits per heavy atom. The second kappa shape index (κ2) is 9.36. The molecule has 0 spiro atoms. The van der Waals surface area contributed by atoms with Gasteiger partial charge in [-0.25, -0.2) is 12.8 Å². The zero-order chi connectivity index (χ0) is 23.8. The van der Waals surface area contributed by atoms with Gasteiger partial charge in [0, 0.05) is 19.6 Å². The van der Waals surface area contributed by atoms with Gasteiger partial charge in [0.2, 0.25) is 10.0 Å². The van der Waals surface area contributed by atoms with Crippen molar-refractivity contribution in [3.05, 3.63) is 52.6 Å². The predicted molar refractivity (Wildman–Crippen MR) is 125 cm³/mol. The number of carbonyl (C=O) groups is 1. The molecule has 0 saturated carbocycles. The minimum absolute atomic E-state index is 0.0184. The van der Waals surface area contributed by atoms with E-state index in [1.807, 2.05) is 30.5 Å². The monoisotopic (exact) mass is 491 g/mol. The van der Waals surface area contributed by atoms with Crippen molar-refractivity contribution in [2.75, 3.05) is 20.2 Å². The molecule has 7 nitrogen and oxygen atoms in total. The molecule has 1 aromatic heterocycles. The van der Waals surface area contributed by atoms with Gasteiger partial charge in [0.1, 0.15) is 17.1 Å². The number of methoxy groups -OCH3 is 1. The number of aryl methyl sites for hydroxylation is 2. The van der Waals surface area contributed by atoms with E-state index in [0.717, 1.165) is 33.7 Å². The molecule has 1 saturated heterocycles. The maximum atomic E-state index is 13.2. The number of halogens is 1. The van der Waals surface area contributed by atoms with Crippen LogP contribution >= 0.6 is 11.3 Å². The maximum Gasteiger partial charge on any atom is 0.252 e. The highest BCUT2D eigenvalue weighted by Crippen LogP contribution is 2.30. The average Bonchev–Trinajstić information content (AvgIpc) is 3.18. The Kier molecular flexibility index (Phi) is 6.69. The summed E-state index contributed by atoms with van der Waals surface area (Å²) in [6.07, 6.45) is 1.12. The zero-order valence-corrected chi connectivity index (χ0v) is 20.4. The number of hydrogen-bond acceptors (Lipinski definition) is 5. The molecule has 1 aliphatic rings. The van der Waals surface area contributed by atoms with E-state index in [1.165, 1.54) is 27.8 Å². The zero-order valence-electron chi connectivity index (χ0n) is 18.7. The van der Waals surface area contributed by atoms with Crippen LogP contribution in [0.1, 0.15) is 25.3 Å². The average molecular weight is 492 g/mol. The van der Waals surface area contributed by atoms with Gasteiger partial charge in [0.25, 0.3) is 5.91 Å². The van der Waals surface area contributed by atoms with Crippen molar-refractivity contribution >= 4 is 37.5 Å². The molecule has 10 heteroatoms. The maximum absolute atomic E-state index is 13.2. The minimum Gasteiger partial charge on any atom is -0.495 e. The fourth-order valence-corrected chi connectivity index (χ4v) is 6.83. The molecule has 0 radical (unpaired) electrons. The van der Waals surface area contributed by atoms with Crippen LogP contribution in [0.3, 0.4) is 0 Å². The number of benzene rings is 2. The van der Waals surface area contributed by atoms with E-state index >= 15 is 0 Å². The topological polar surface area (TPSA) is 81.0 Å². The number of thiazole rings is 1. The van der Waals surface area contributed by atoms with Crippen molar-refractivity contribution in [1.82, 2.24) is 8.87 Å². The van der Waals surface area contributed by atoms with E-state index in [4.69, 9.17) is 4.74 Å². The van der Waals surface area contributed by atoms with Crippen molar-refractivity contribution in [2.24, 2.45) is 10.9 Å². The van der Waals surface area contributed by atoms with Gasteiger partial charge in [0.05, 0.1) is 22.6 Å². The molecule has 1 amide bonds. The molecule has 2 aromatic carbocycles. The van der Waals surface area contributed by atoms with Crippen LogP contribution in [0.15, 0.2) is 46.3 Å². The second-order valence-electron chi connectivity index (χ2n) is 8.00. The molecule has 0 aliphatic carbocycles. The number of carbonyl (C=O) groups excluding carboxylic acids is 1. The number of amides is 1. The fourth-order valence-electron chi connectivity index (χ4n) is 4.13. The molecular weight excluding hydrogens is 465 g/mol. The molecular formula is C23H26FN3O4S2. The van der Waals surface area contributed by atoms with Gasteiger partial charge in [-0.15, -0.1) is 0 Å². The highest BCUT2D eigenvalue weighted by atomic mass is 32.2. The third-order valence-corrected chi connectivity index (χ3v) is 9.01. The Morgan fingerprint density at radius 2 is 1.97 bits per heavy atom.